The molecule has 0 radical (unpaired) electrons. The maximum atomic E-state index is 12.4. The van der Waals surface area contributed by atoms with E-state index in [1.165, 1.54) is 0 Å². The van der Waals surface area contributed by atoms with Crippen molar-refractivity contribution in [2.45, 2.75) is 33.2 Å². The number of hydrogen-bond donors (Lipinski definition) is 1. The molecule has 1 aliphatic heterocycles. The number of carbonyl (C=O) groups excluding carboxylic acids is 1. The van der Waals surface area contributed by atoms with E-state index in [0.717, 1.165) is 35.3 Å². The molecule has 3 aromatic rings. The molecule has 29 heavy (non-hydrogen) atoms. The van der Waals surface area contributed by atoms with Crippen LogP contribution >= 0.6 is 11.6 Å². The fraction of sp³-hybridized carbons (Fsp3) is 0.333. The minimum absolute atomic E-state index is 0.168. The van der Waals surface area contributed by atoms with Gasteiger partial charge in [0.2, 0.25) is 11.8 Å². The van der Waals surface area contributed by atoms with Crippen LogP contribution < -0.4 is 10.1 Å². The van der Waals surface area contributed by atoms with Gasteiger partial charge < -0.3 is 10.1 Å². The Kier molecular flexibility index (Phi) is 5.00. The number of methoxy groups -OCH3 is 1. The Morgan fingerprint density at radius 2 is 2.07 bits per heavy atom. The number of ether oxygens (including phenoxy) is 1. The zero-order valence-electron chi connectivity index (χ0n) is 16.6. The summed E-state index contributed by atoms with van der Waals surface area (Å²) in [5, 5.41) is 7.87. The van der Waals surface area contributed by atoms with Crippen LogP contribution in [0.3, 0.4) is 0 Å². The van der Waals surface area contributed by atoms with Gasteiger partial charge in [0.25, 0.3) is 0 Å². The summed E-state index contributed by atoms with van der Waals surface area (Å²) in [5.74, 6) is 0.780. The number of halogens is 1. The molecule has 0 aromatic carbocycles. The van der Waals surface area contributed by atoms with Crippen LogP contribution in [0, 0.1) is 5.41 Å². The van der Waals surface area contributed by atoms with Gasteiger partial charge in [-0.25, -0.2) is 9.97 Å². The number of pyridine rings is 2. The van der Waals surface area contributed by atoms with Crippen molar-refractivity contribution in [3.8, 4) is 17.0 Å². The minimum Gasteiger partial charge on any atom is -0.481 e. The number of aromatic nitrogens is 4. The lowest BCUT2D eigenvalue weighted by Gasteiger charge is -2.14. The molecule has 7 nitrogen and oxygen atoms in total. The lowest BCUT2D eigenvalue weighted by molar-refractivity contribution is -0.115. The normalized spacial score (nSPS) is 14.5. The molecule has 8 heteroatoms. The van der Waals surface area contributed by atoms with Crippen molar-refractivity contribution in [2.75, 3.05) is 12.4 Å². The van der Waals surface area contributed by atoms with Gasteiger partial charge in [-0.05, 0) is 23.5 Å². The lowest BCUT2D eigenvalue weighted by Crippen LogP contribution is -2.15. The first-order valence-electron chi connectivity index (χ1n) is 9.34. The maximum Gasteiger partial charge on any atom is 0.230 e. The van der Waals surface area contributed by atoms with Gasteiger partial charge in [-0.1, -0.05) is 31.5 Å². The Balaban J connectivity index is 1.53. The van der Waals surface area contributed by atoms with E-state index in [9.17, 15) is 4.79 Å². The number of nitrogens with zero attached hydrogens (tertiary/aromatic N) is 4. The molecule has 4 rings (SSSR count). The zero-order valence-corrected chi connectivity index (χ0v) is 17.3. The molecule has 3 aromatic heterocycles. The highest BCUT2D eigenvalue weighted by Crippen LogP contribution is 2.39. The van der Waals surface area contributed by atoms with Crippen LogP contribution in [0.1, 0.15) is 25.1 Å². The molecule has 0 fully saturated rings. The Labute approximate surface area is 174 Å². The molecule has 4 heterocycles. The van der Waals surface area contributed by atoms with E-state index in [0.29, 0.717) is 16.7 Å². The Morgan fingerprint density at radius 1 is 1.24 bits per heavy atom. The van der Waals surface area contributed by atoms with Crippen molar-refractivity contribution in [3.05, 3.63) is 53.1 Å². The third kappa shape index (κ3) is 4.10. The molecule has 0 aliphatic carbocycles. The van der Waals surface area contributed by atoms with Crippen molar-refractivity contribution < 1.29 is 9.53 Å². The van der Waals surface area contributed by atoms with Gasteiger partial charge in [-0.3, -0.25) is 9.48 Å². The summed E-state index contributed by atoms with van der Waals surface area (Å²) in [6.45, 7) is 5.32. The fourth-order valence-electron chi connectivity index (χ4n) is 3.60. The van der Waals surface area contributed by atoms with Crippen LogP contribution in [0.5, 0.6) is 5.88 Å². The molecule has 1 aliphatic rings. The maximum absolute atomic E-state index is 12.4. The molecule has 1 N–H and O–H groups in total. The first-order chi connectivity index (χ1) is 13.8. The summed E-state index contributed by atoms with van der Waals surface area (Å²) >= 11 is 6.42. The van der Waals surface area contributed by atoms with Crippen LogP contribution in [0.4, 0.5) is 5.82 Å². The number of rotatable bonds is 5. The zero-order chi connectivity index (χ0) is 20.6. The summed E-state index contributed by atoms with van der Waals surface area (Å²) < 4.78 is 7.06. The Morgan fingerprint density at radius 3 is 2.79 bits per heavy atom. The van der Waals surface area contributed by atoms with Crippen LogP contribution in [-0.2, 0) is 24.2 Å². The molecular formula is C21H22ClN5O2. The monoisotopic (exact) mass is 411 g/mol. The Bertz CT molecular complexity index is 1060. The second kappa shape index (κ2) is 7.48. The number of amides is 1. The van der Waals surface area contributed by atoms with E-state index in [4.69, 9.17) is 16.3 Å². The molecule has 1 amide bonds. The smallest absolute Gasteiger partial charge is 0.230 e. The van der Waals surface area contributed by atoms with E-state index >= 15 is 0 Å². The second-order valence-corrected chi connectivity index (χ2v) is 8.39. The number of fused-ring (bicyclic) bond motifs is 1. The molecular weight excluding hydrogens is 390 g/mol. The largest absolute Gasteiger partial charge is 0.481 e. The van der Waals surface area contributed by atoms with Crippen LogP contribution in [-0.4, -0.2) is 32.8 Å². The van der Waals surface area contributed by atoms with Gasteiger partial charge in [-0.2, -0.15) is 5.10 Å². The van der Waals surface area contributed by atoms with Gasteiger partial charge in [0.1, 0.15) is 5.82 Å². The first kappa shape index (κ1) is 19.4. The lowest BCUT2D eigenvalue weighted by atomic mass is 9.89. The van der Waals surface area contributed by atoms with E-state index in [-0.39, 0.29) is 17.7 Å². The highest BCUT2D eigenvalue weighted by Gasteiger charge is 2.32. The molecule has 0 saturated carbocycles. The second-order valence-electron chi connectivity index (χ2n) is 7.99. The van der Waals surface area contributed by atoms with Gasteiger partial charge in [0.15, 0.2) is 0 Å². The van der Waals surface area contributed by atoms with Crippen LogP contribution in [0.15, 0.2) is 36.8 Å². The summed E-state index contributed by atoms with van der Waals surface area (Å²) in [4.78, 5) is 20.8. The van der Waals surface area contributed by atoms with Crippen molar-refractivity contribution >= 4 is 23.3 Å². The fourth-order valence-corrected chi connectivity index (χ4v) is 3.80. The quantitative estimate of drug-likeness (QED) is 0.691. The first-order valence-corrected chi connectivity index (χ1v) is 9.72. The average Bonchev–Trinajstić information content (AvgIpc) is 3.19. The minimum atomic E-state index is -0.181. The predicted octanol–water partition coefficient (Wildman–Crippen LogP) is 3.77. The van der Waals surface area contributed by atoms with Gasteiger partial charge in [0, 0.05) is 41.8 Å². The number of anilines is 1. The highest BCUT2D eigenvalue weighted by molar-refractivity contribution is 6.33. The molecule has 0 bridgehead atoms. The predicted molar refractivity (Wildman–Crippen MR) is 111 cm³/mol. The van der Waals surface area contributed by atoms with Crippen molar-refractivity contribution in [1.29, 1.82) is 0 Å². The average molecular weight is 412 g/mol. The summed E-state index contributed by atoms with van der Waals surface area (Å²) in [6, 6.07) is 5.34. The topological polar surface area (TPSA) is 81.9 Å². The number of nitrogens with one attached hydrogen (secondary N) is 1. The van der Waals surface area contributed by atoms with E-state index < -0.39 is 0 Å². The number of hydrogen-bond acceptors (Lipinski definition) is 5. The molecule has 0 spiro atoms. The summed E-state index contributed by atoms with van der Waals surface area (Å²) in [5.41, 5.74) is 3.92. The summed E-state index contributed by atoms with van der Waals surface area (Å²) in [7, 11) is 1.55. The van der Waals surface area contributed by atoms with Crippen molar-refractivity contribution in [2.24, 2.45) is 5.41 Å². The third-order valence-corrected chi connectivity index (χ3v) is 5.26. The Hall–Kier alpha value is -2.93. The van der Waals surface area contributed by atoms with E-state index in [1.54, 1.807) is 31.6 Å². The van der Waals surface area contributed by atoms with Gasteiger partial charge in [-0.15, -0.1) is 0 Å². The molecule has 0 saturated heterocycles. The van der Waals surface area contributed by atoms with Gasteiger partial charge in [0.05, 0.1) is 24.8 Å². The van der Waals surface area contributed by atoms with Crippen molar-refractivity contribution in [1.82, 2.24) is 19.7 Å². The molecule has 0 unspecified atom stereocenters. The van der Waals surface area contributed by atoms with Crippen LogP contribution in [0.2, 0.25) is 5.02 Å². The number of carbonyl (C=O) groups is 1. The van der Waals surface area contributed by atoms with E-state index in [1.807, 2.05) is 16.9 Å². The van der Waals surface area contributed by atoms with E-state index in [2.05, 4.69) is 34.2 Å². The SMILES string of the molecule is COc1ccc(CC(=O)Nc2cc(-c3cnn4c3CC(C)(C)C4)c(Cl)cn2)cn1. The third-order valence-electron chi connectivity index (χ3n) is 4.96. The van der Waals surface area contributed by atoms with Gasteiger partial charge >= 0.3 is 0 Å². The van der Waals surface area contributed by atoms with Crippen molar-refractivity contribution in [3.63, 3.8) is 0 Å². The summed E-state index contributed by atoms with van der Waals surface area (Å²) in [6.07, 6.45) is 6.13. The van der Waals surface area contributed by atoms with Crippen LogP contribution in [0.25, 0.3) is 11.1 Å². The molecule has 150 valence electrons. The standard InChI is InChI=1S/C21H22ClN5O2/c1-21(2)8-17-15(10-25-27(17)12-21)14-7-18(23-11-16(14)22)26-19(28)6-13-4-5-20(29-3)24-9-13/h4-5,7,9-11H,6,8,12H2,1-3H3,(H,23,26,28). The molecule has 0 atom stereocenters. The highest BCUT2D eigenvalue weighted by atomic mass is 35.5.